The van der Waals surface area contributed by atoms with Crippen LogP contribution in [0.25, 0.3) is 0 Å². The fourth-order valence-corrected chi connectivity index (χ4v) is 1.47. The van der Waals surface area contributed by atoms with Crippen molar-refractivity contribution in [2.75, 3.05) is 12.4 Å². The topological polar surface area (TPSA) is 58.6 Å². The molecule has 1 aromatic rings. The van der Waals surface area contributed by atoms with Gasteiger partial charge < -0.3 is 15.2 Å². The maximum Gasteiger partial charge on any atom is 0.258 e. The Hall–Kier alpha value is -1.62. The van der Waals surface area contributed by atoms with Crippen LogP contribution in [0.5, 0.6) is 5.75 Å². The van der Waals surface area contributed by atoms with Crippen molar-refractivity contribution in [2.24, 2.45) is 0 Å². The molecule has 0 saturated heterocycles. The number of benzene rings is 1. The lowest BCUT2D eigenvalue weighted by Crippen LogP contribution is -2.11. The Balaban J connectivity index is 2.64. The SMILES string of the molecule is COc1ccc(F)c2c1C(O)C(=O)N2. The molecule has 0 radical (unpaired) electrons. The maximum atomic E-state index is 13.2. The van der Waals surface area contributed by atoms with Crippen molar-refractivity contribution >= 4 is 11.6 Å². The number of anilines is 1. The fraction of sp³-hybridized carbons (Fsp3) is 0.222. The zero-order chi connectivity index (χ0) is 10.3. The van der Waals surface area contributed by atoms with Crippen molar-refractivity contribution in [2.45, 2.75) is 6.10 Å². The van der Waals surface area contributed by atoms with E-state index in [9.17, 15) is 14.3 Å². The summed E-state index contributed by atoms with van der Waals surface area (Å²) in [5.41, 5.74) is 0.166. The van der Waals surface area contributed by atoms with Crippen molar-refractivity contribution in [3.05, 3.63) is 23.5 Å². The van der Waals surface area contributed by atoms with E-state index in [0.717, 1.165) is 0 Å². The molecule has 4 nitrogen and oxygen atoms in total. The van der Waals surface area contributed by atoms with Crippen LogP contribution in [0.4, 0.5) is 10.1 Å². The van der Waals surface area contributed by atoms with Crippen molar-refractivity contribution < 1.29 is 19.0 Å². The molecule has 1 unspecified atom stereocenters. The molecule has 1 heterocycles. The highest BCUT2D eigenvalue weighted by Gasteiger charge is 2.33. The van der Waals surface area contributed by atoms with Crippen LogP contribution in [0.15, 0.2) is 12.1 Å². The molecule has 0 fully saturated rings. The number of aliphatic hydroxyl groups excluding tert-OH is 1. The minimum atomic E-state index is -1.35. The number of hydrogen-bond donors (Lipinski definition) is 2. The van der Waals surface area contributed by atoms with Gasteiger partial charge in [-0.25, -0.2) is 4.39 Å². The summed E-state index contributed by atoms with van der Waals surface area (Å²) in [7, 11) is 1.39. The second-order valence-corrected chi connectivity index (χ2v) is 2.93. The highest BCUT2D eigenvalue weighted by atomic mass is 19.1. The van der Waals surface area contributed by atoms with Gasteiger partial charge in [0, 0.05) is 0 Å². The molecule has 1 aliphatic rings. The number of carbonyl (C=O) groups excluding carboxylic acids is 1. The molecule has 0 saturated carbocycles. The molecule has 1 atom stereocenters. The quantitative estimate of drug-likeness (QED) is 0.700. The summed E-state index contributed by atoms with van der Waals surface area (Å²) >= 11 is 0. The molecular formula is C9H8FNO3. The number of carbonyl (C=O) groups is 1. The van der Waals surface area contributed by atoms with Gasteiger partial charge in [-0.05, 0) is 12.1 Å². The Morgan fingerprint density at radius 3 is 2.93 bits per heavy atom. The van der Waals surface area contributed by atoms with Crippen molar-refractivity contribution in [3.8, 4) is 5.75 Å². The molecule has 1 aromatic carbocycles. The number of nitrogens with one attached hydrogen (secondary N) is 1. The molecule has 14 heavy (non-hydrogen) atoms. The Labute approximate surface area is 79.3 Å². The third-order valence-corrected chi connectivity index (χ3v) is 2.14. The number of methoxy groups -OCH3 is 1. The summed E-state index contributed by atoms with van der Waals surface area (Å²) in [4.78, 5) is 11.1. The van der Waals surface area contributed by atoms with Gasteiger partial charge in [0.25, 0.3) is 5.91 Å². The Kier molecular flexibility index (Phi) is 1.89. The molecular weight excluding hydrogens is 189 g/mol. The maximum absolute atomic E-state index is 13.2. The van der Waals surface area contributed by atoms with Gasteiger partial charge in [0.15, 0.2) is 6.10 Å². The highest BCUT2D eigenvalue weighted by molar-refractivity contribution is 6.02. The molecule has 2 rings (SSSR count). The number of amides is 1. The highest BCUT2D eigenvalue weighted by Crippen LogP contribution is 2.39. The van der Waals surface area contributed by atoms with Crippen LogP contribution in [0, 0.1) is 5.82 Å². The average molecular weight is 197 g/mol. The lowest BCUT2D eigenvalue weighted by atomic mass is 10.1. The van der Waals surface area contributed by atoms with Crippen molar-refractivity contribution in [3.63, 3.8) is 0 Å². The van der Waals surface area contributed by atoms with Gasteiger partial charge >= 0.3 is 0 Å². The molecule has 0 bridgehead atoms. The van der Waals surface area contributed by atoms with Gasteiger partial charge in [-0.1, -0.05) is 0 Å². The summed E-state index contributed by atoms with van der Waals surface area (Å²) in [5, 5.41) is 11.7. The number of hydrogen-bond acceptors (Lipinski definition) is 3. The first-order valence-electron chi connectivity index (χ1n) is 4.00. The van der Waals surface area contributed by atoms with E-state index in [2.05, 4.69) is 5.32 Å². The van der Waals surface area contributed by atoms with Crippen molar-refractivity contribution in [1.82, 2.24) is 0 Å². The number of halogens is 1. The summed E-state index contributed by atoms with van der Waals surface area (Å²) in [6.45, 7) is 0. The van der Waals surface area contributed by atoms with E-state index in [1.807, 2.05) is 0 Å². The number of fused-ring (bicyclic) bond motifs is 1. The number of aliphatic hydroxyl groups is 1. The normalized spacial score (nSPS) is 19.1. The lowest BCUT2D eigenvalue weighted by Gasteiger charge is -2.07. The van der Waals surface area contributed by atoms with Gasteiger partial charge in [-0.2, -0.15) is 0 Å². The van der Waals surface area contributed by atoms with Crippen LogP contribution >= 0.6 is 0 Å². The molecule has 5 heteroatoms. The molecule has 2 N–H and O–H groups in total. The van der Waals surface area contributed by atoms with Gasteiger partial charge in [-0.15, -0.1) is 0 Å². The zero-order valence-corrected chi connectivity index (χ0v) is 7.37. The number of ether oxygens (including phenoxy) is 1. The molecule has 74 valence electrons. The van der Waals surface area contributed by atoms with Gasteiger partial charge in [0.05, 0.1) is 18.4 Å². The first-order valence-corrected chi connectivity index (χ1v) is 4.00. The zero-order valence-electron chi connectivity index (χ0n) is 7.37. The summed E-state index contributed by atoms with van der Waals surface area (Å²) in [5.74, 6) is -0.915. The third kappa shape index (κ3) is 1.06. The Morgan fingerprint density at radius 1 is 1.57 bits per heavy atom. The first-order chi connectivity index (χ1) is 6.65. The third-order valence-electron chi connectivity index (χ3n) is 2.14. The van der Waals surface area contributed by atoms with E-state index in [-0.39, 0.29) is 11.3 Å². The summed E-state index contributed by atoms with van der Waals surface area (Å²) < 4.78 is 18.1. The monoisotopic (exact) mass is 197 g/mol. The van der Waals surface area contributed by atoms with Crippen LogP contribution < -0.4 is 10.1 Å². The minimum absolute atomic E-state index is 0.00171. The van der Waals surface area contributed by atoms with E-state index in [4.69, 9.17) is 4.74 Å². The predicted molar refractivity (Wildman–Crippen MR) is 46.5 cm³/mol. The molecule has 0 aliphatic carbocycles. The van der Waals surface area contributed by atoms with Crippen LogP contribution in [0.2, 0.25) is 0 Å². The van der Waals surface area contributed by atoms with Crippen LogP contribution in [-0.4, -0.2) is 18.1 Å². The standard InChI is InChI=1S/C9H8FNO3/c1-14-5-3-2-4(10)7-6(5)8(12)9(13)11-7/h2-3,8,12H,1H3,(H,11,13). The first kappa shape index (κ1) is 8.96. The lowest BCUT2D eigenvalue weighted by molar-refractivity contribution is -0.123. The number of rotatable bonds is 1. The molecule has 0 aromatic heterocycles. The summed E-state index contributed by atoms with van der Waals surface area (Å²) in [6.07, 6.45) is -1.35. The minimum Gasteiger partial charge on any atom is -0.496 e. The largest absolute Gasteiger partial charge is 0.496 e. The fourth-order valence-electron chi connectivity index (χ4n) is 1.47. The second-order valence-electron chi connectivity index (χ2n) is 2.93. The predicted octanol–water partition coefficient (Wildman–Crippen LogP) is 0.820. The van der Waals surface area contributed by atoms with Gasteiger partial charge in [-0.3, -0.25) is 4.79 Å². The molecule has 1 aliphatic heterocycles. The van der Waals surface area contributed by atoms with Crippen LogP contribution in [0.3, 0.4) is 0 Å². The summed E-state index contributed by atoms with van der Waals surface area (Å²) in [6, 6.07) is 2.55. The van der Waals surface area contributed by atoms with Crippen LogP contribution in [0.1, 0.15) is 11.7 Å². The van der Waals surface area contributed by atoms with Gasteiger partial charge in [0.2, 0.25) is 0 Å². The smallest absolute Gasteiger partial charge is 0.258 e. The van der Waals surface area contributed by atoms with Gasteiger partial charge in [0.1, 0.15) is 11.6 Å². The molecule has 1 amide bonds. The van der Waals surface area contributed by atoms with E-state index >= 15 is 0 Å². The van der Waals surface area contributed by atoms with E-state index in [1.165, 1.54) is 19.2 Å². The van der Waals surface area contributed by atoms with Crippen molar-refractivity contribution in [1.29, 1.82) is 0 Å². The van der Waals surface area contributed by atoms with E-state index in [0.29, 0.717) is 5.75 Å². The van der Waals surface area contributed by atoms with Crippen LogP contribution in [-0.2, 0) is 4.79 Å². The average Bonchev–Trinajstić information content (AvgIpc) is 2.47. The second kappa shape index (κ2) is 2.95. The Morgan fingerprint density at radius 2 is 2.29 bits per heavy atom. The Bertz CT molecular complexity index is 405. The molecule has 0 spiro atoms. The van der Waals surface area contributed by atoms with E-state index < -0.39 is 17.8 Å². The van der Waals surface area contributed by atoms with E-state index in [1.54, 1.807) is 0 Å².